The van der Waals surface area contributed by atoms with Crippen molar-refractivity contribution in [3.63, 3.8) is 0 Å². The molecule has 9 N–H and O–H groups in total. The van der Waals surface area contributed by atoms with Gasteiger partial charge in [0.25, 0.3) is 0 Å². The maximum atomic E-state index is 13.9. The van der Waals surface area contributed by atoms with Crippen LogP contribution >= 0.6 is 25.9 Å². The summed E-state index contributed by atoms with van der Waals surface area (Å²) in [5.41, 5.74) is 7.04. The lowest BCUT2D eigenvalue weighted by atomic mass is 9.96. The van der Waals surface area contributed by atoms with Gasteiger partial charge in [-0.3, -0.25) is 4.52 Å². The van der Waals surface area contributed by atoms with Gasteiger partial charge in [-0.2, -0.15) is 0 Å². The molecule has 0 amide bonds. The summed E-state index contributed by atoms with van der Waals surface area (Å²) in [6, 6.07) is 0. The SMILES string of the molecule is Nc1ncnc2c([C@H]3C[C@H](O)[C@@H](COP(O)(=S)OP(=O)(O)OC4OC([C@@H](F)CO)C(O)C(O)C4O)O3)csc12. The van der Waals surface area contributed by atoms with Crippen LogP contribution in [0, 0.1) is 0 Å². The number of thiophene rings is 1. The molecular weight excluding hydrogens is 611 g/mol. The van der Waals surface area contributed by atoms with Gasteiger partial charge in [0, 0.05) is 12.0 Å². The summed E-state index contributed by atoms with van der Waals surface area (Å²) in [6.45, 7) is -6.28. The van der Waals surface area contributed by atoms with Gasteiger partial charge in [-0.05, 0) is 17.2 Å². The van der Waals surface area contributed by atoms with E-state index in [-0.39, 0.29) is 12.2 Å². The molecule has 21 heteroatoms. The number of nitrogen functional groups attached to an aromatic ring is 1. The number of nitrogens with zero attached hydrogens (tertiary/aromatic N) is 2. The normalized spacial score (nSPS) is 35.5. The summed E-state index contributed by atoms with van der Waals surface area (Å²) in [6.07, 6.45) is -14.0. The molecule has 0 aliphatic carbocycles. The van der Waals surface area contributed by atoms with E-state index in [0.29, 0.717) is 15.8 Å². The number of fused-ring (bicyclic) bond motifs is 1. The average molecular weight is 637 g/mol. The third-order valence-corrected chi connectivity index (χ3v) is 10.5. The van der Waals surface area contributed by atoms with Crippen LogP contribution < -0.4 is 5.73 Å². The zero-order valence-corrected chi connectivity index (χ0v) is 23.0. The number of anilines is 1. The Morgan fingerprint density at radius 1 is 1.21 bits per heavy atom. The van der Waals surface area contributed by atoms with Crippen LogP contribution in [0.15, 0.2) is 11.7 Å². The second-order valence-electron chi connectivity index (χ2n) is 8.65. The smallest absolute Gasteiger partial charge is 0.393 e. The Hall–Kier alpha value is -0.830. The predicted octanol–water partition coefficient (Wildman–Crippen LogP) is -1.03. The molecule has 16 nitrogen and oxygen atoms in total. The van der Waals surface area contributed by atoms with E-state index in [9.17, 15) is 39.2 Å². The number of aromatic nitrogens is 2. The molecule has 2 aromatic rings. The number of hydrogen-bond acceptors (Lipinski definition) is 16. The highest BCUT2D eigenvalue weighted by atomic mass is 32.5. The van der Waals surface area contributed by atoms with Gasteiger partial charge in [-0.25, -0.2) is 23.2 Å². The minimum Gasteiger partial charge on any atom is -0.393 e. The van der Waals surface area contributed by atoms with Crippen molar-refractivity contribution in [2.24, 2.45) is 0 Å². The van der Waals surface area contributed by atoms with E-state index >= 15 is 0 Å². The van der Waals surface area contributed by atoms with Crippen LogP contribution in [0.2, 0.25) is 0 Å². The maximum absolute atomic E-state index is 13.9. The monoisotopic (exact) mass is 637 g/mol. The number of alkyl halides is 1. The molecular formula is C18H26FN3O13P2S2. The molecule has 2 aliphatic rings. The van der Waals surface area contributed by atoms with E-state index < -0.39 is 82.9 Å². The minimum atomic E-state index is -5.41. The number of hydrogen-bond donors (Lipinski definition) is 8. The molecule has 0 radical (unpaired) electrons. The fourth-order valence-electron chi connectivity index (χ4n) is 4.03. The van der Waals surface area contributed by atoms with Crippen LogP contribution in [0.4, 0.5) is 10.2 Å². The Kier molecular flexibility index (Phi) is 9.72. The lowest BCUT2D eigenvalue weighted by Gasteiger charge is -2.41. The quantitative estimate of drug-likeness (QED) is 0.145. The summed E-state index contributed by atoms with van der Waals surface area (Å²) in [4.78, 5) is 28.5. The summed E-state index contributed by atoms with van der Waals surface area (Å²) in [7, 11) is -5.41. The number of aliphatic hydroxyl groups is 5. The zero-order valence-electron chi connectivity index (χ0n) is 19.6. The molecule has 0 spiro atoms. The largest absolute Gasteiger partial charge is 0.481 e. The first-order chi connectivity index (χ1) is 18.2. The van der Waals surface area contributed by atoms with Gasteiger partial charge >= 0.3 is 14.5 Å². The van der Waals surface area contributed by atoms with Gasteiger partial charge in [-0.1, -0.05) is 0 Å². The number of phosphoric ester groups is 1. The summed E-state index contributed by atoms with van der Waals surface area (Å²) >= 11 is 6.03. The maximum Gasteiger partial charge on any atom is 0.481 e. The first-order valence-corrected chi connectivity index (χ1v) is 16.1. The van der Waals surface area contributed by atoms with E-state index in [4.69, 9.17) is 36.6 Å². The molecule has 7 unspecified atom stereocenters. The number of aliphatic hydroxyl groups excluding tert-OH is 5. The van der Waals surface area contributed by atoms with Crippen LogP contribution in [0.3, 0.4) is 0 Å². The van der Waals surface area contributed by atoms with E-state index in [1.54, 1.807) is 5.38 Å². The molecule has 2 aromatic heterocycles. The summed E-state index contributed by atoms with van der Waals surface area (Å²) in [5, 5.41) is 50.9. The third-order valence-electron chi connectivity index (χ3n) is 5.96. The molecule has 11 atom stereocenters. The van der Waals surface area contributed by atoms with Crippen LogP contribution in [-0.2, 0) is 39.2 Å². The van der Waals surface area contributed by atoms with Gasteiger partial charge in [0.15, 0.2) is 12.5 Å². The first-order valence-electron chi connectivity index (χ1n) is 11.2. The highest BCUT2D eigenvalue weighted by molar-refractivity contribution is 8.08. The Morgan fingerprint density at radius 3 is 2.62 bits per heavy atom. The van der Waals surface area contributed by atoms with Crippen molar-refractivity contribution >= 4 is 53.7 Å². The molecule has 2 fully saturated rings. The number of halogens is 1. The van der Waals surface area contributed by atoms with E-state index in [1.165, 1.54) is 17.7 Å². The number of ether oxygens (including phenoxy) is 2. The number of rotatable bonds is 10. The standard InChI is InChI=1S/C18H26FN3O13P2S2/c19-7(2-23)15-13(26)12(25)14(27)18(33-15)34-36(28,29)35-37(30,38)31-3-10-8(24)1-9(32-10)6-4-39-16-11(6)21-5-22-17(16)20/h4-5,7-10,12-15,18,23-27H,1-3H2,(H,28,29)(H,30,38)(H2,20,21,22)/t7-,8-,9+,10+,12?,13?,14?,15?,18?,37?/m0/s1. The van der Waals surface area contributed by atoms with Gasteiger partial charge in [0.1, 0.15) is 42.7 Å². The second kappa shape index (κ2) is 12.2. The van der Waals surface area contributed by atoms with Gasteiger partial charge in [0.2, 0.25) is 0 Å². The Bertz CT molecular complexity index is 1260. The lowest BCUT2D eigenvalue weighted by Crippen LogP contribution is -2.60. The molecule has 220 valence electrons. The van der Waals surface area contributed by atoms with Crippen molar-refractivity contribution in [2.75, 3.05) is 18.9 Å². The molecule has 2 aliphatic heterocycles. The number of nitrogens with two attached hydrogens (primary N) is 1. The fourth-order valence-corrected chi connectivity index (χ4v) is 8.09. The summed E-state index contributed by atoms with van der Waals surface area (Å²) in [5.74, 6) is 0.286. The number of phosphoric acid groups is 1. The molecule has 39 heavy (non-hydrogen) atoms. The first kappa shape index (κ1) is 31.1. The highest BCUT2D eigenvalue weighted by Crippen LogP contribution is 2.62. The Labute approximate surface area is 228 Å². The topological polar surface area (TPSA) is 257 Å². The zero-order chi connectivity index (χ0) is 28.7. The Morgan fingerprint density at radius 2 is 1.92 bits per heavy atom. The van der Waals surface area contributed by atoms with Gasteiger partial charge < -0.3 is 55.1 Å². The van der Waals surface area contributed by atoms with E-state index in [1.807, 2.05) is 0 Å². The van der Waals surface area contributed by atoms with Crippen molar-refractivity contribution in [2.45, 2.75) is 61.6 Å². The van der Waals surface area contributed by atoms with Crippen LogP contribution in [0.25, 0.3) is 10.2 Å². The van der Waals surface area contributed by atoms with Crippen LogP contribution in [0.1, 0.15) is 18.1 Å². The Balaban J connectivity index is 1.35. The second-order valence-corrected chi connectivity index (χ2v) is 13.9. The highest BCUT2D eigenvalue weighted by Gasteiger charge is 2.50. The predicted molar refractivity (Wildman–Crippen MR) is 133 cm³/mol. The molecule has 0 aromatic carbocycles. The molecule has 0 bridgehead atoms. The van der Waals surface area contributed by atoms with Crippen molar-refractivity contribution < 1.29 is 67.1 Å². The minimum absolute atomic E-state index is 0.121. The van der Waals surface area contributed by atoms with E-state index in [2.05, 4.69) is 18.8 Å². The average Bonchev–Trinajstić information content (AvgIpc) is 3.46. The molecule has 0 saturated carbocycles. The van der Waals surface area contributed by atoms with Crippen molar-refractivity contribution in [1.82, 2.24) is 9.97 Å². The lowest BCUT2D eigenvalue weighted by molar-refractivity contribution is -0.287. The van der Waals surface area contributed by atoms with Crippen LogP contribution in [-0.4, -0.2) is 108 Å². The van der Waals surface area contributed by atoms with Gasteiger partial charge in [0.05, 0.1) is 35.6 Å². The molecule has 4 rings (SSSR count). The van der Waals surface area contributed by atoms with Gasteiger partial charge in [-0.15, -0.1) is 11.3 Å². The van der Waals surface area contributed by atoms with Crippen molar-refractivity contribution in [1.29, 1.82) is 0 Å². The fraction of sp³-hybridized carbons (Fsp3) is 0.667. The summed E-state index contributed by atoms with van der Waals surface area (Å²) < 4.78 is 51.8. The third kappa shape index (κ3) is 6.98. The van der Waals surface area contributed by atoms with Crippen LogP contribution in [0.5, 0.6) is 0 Å². The molecule has 4 heterocycles. The molecule has 2 saturated heterocycles. The van der Waals surface area contributed by atoms with Crippen molar-refractivity contribution in [3.05, 3.63) is 17.3 Å². The van der Waals surface area contributed by atoms with Crippen molar-refractivity contribution in [3.8, 4) is 0 Å². The van der Waals surface area contributed by atoms with E-state index in [0.717, 1.165) is 0 Å².